The average molecular weight is 512 g/mol. The monoisotopic (exact) mass is 511 g/mol. The van der Waals surface area contributed by atoms with Crippen LogP contribution in [-0.4, -0.2) is 48.4 Å². The van der Waals surface area contributed by atoms with Crippen LogP contribution in [0.5, 0.6) is 5.75 Å². The molecule has 8 heteroatoms. The molecule has 3 heterocycles. The first-order valence-electron chi connectivity index (χ1n) is 11.3. The zero-order valence-corrected chi connectivity index (χ0v) is 20.1. The van der Waals surface area contributed by atoms with E-state index < -0.39 is 5.60 Å². The normalized spacial score (nSPS) is 20.1. The van der Waals surface area contributed by atoms with Gasteiger partial charge in [-0.3, -0.25) is 9.79 Å². The lowest BCUT2D eigenvalue weighted by atomic mass is 9.80. The van der Waals surface area contributed by atoms with Crippen molar-refractivity contribution in [3.63, 3.8) is 0 Å². The highest BCUT2D eigenvalue weighted by Crippen LogP contribution is 2.45. The van der Waals surface area contributed by atoms with Crippen LogP contribution in [0.3, 0.4) is 0 Å². The van der Waals surface area contributed by atoms with E-state index in [4.69, 9.17) is 9.47 Å². The van der Waals surface area contributed by atoms with Gasteiger partial charge in [0.2, 0.25) is 0 Å². The van der Waals surface area contributed by atoms with Crippen LogP contribution < -0.4 is 10.1 Å². The molecule has 1 atom stereocenters. The van der Waals surface area contributed by atoms with E-state index in [9.17, 15) is 9.59 Å². The maximum atomic E-state index is 13.4. The molecule has 0 aromatic heterocycles. The summed E-state index contributed by atoms with van der Waals surface area (Å²) in [6, 6.07) is 11.5. The molecule has 0 radical (unpaired) electrons. The van der Waals surface area contributed by atoms with Crippen molar-refractivity contribution >= 4 is 34.1 Å². The van der Waals surface area contributed by atoms with E-state index in [1.807, 2.05) is 43.3 Å². The maximum Gasteiger partial charge on any atom is 0.409 e. The molecule has 0 aliphatic carbocycles. The minimum atomic E-state index is -0.443. The van der Waals surface area contributed by atoms with Crippen molar-refractivity contribution < 1.29 is 19.1 Å². The van der Waals surface area contributed by atoms with Gasteiger partial charge in [0, 0.05) is 59.7 Å². The van der Waals surface area contributed by atoms with Gasteiger partial charge in [-0.15, -0.1) is 0 Å². The summed E-state index contributed by atoms with van der Waals surface area (Å²) in [6.45, 7) is 3.91. The summed E-state index contributed by atoms with van der Waals surface area (Å²) in [7, 11) is 0. The highest BCUT2D eigenvalue weighted by molar-refractivity contribution is 9.10. The number of ether oxygens (including phenoxy) is 2. The van der Waals surface area contributed by atoms with E-state index in [0.717, 1.165) is 26.9 Å². The molecule has 7 nitrogen and oxygen atoms in total. The molecule has 1 saturated heterocycles. The minimum absolute atomic E-state index is 0.114. The molecule has 33 heavy (non-hydrogen) atoms. The van der Waals surface area contributed by atoms with E-state index in [2.05, 4.69) is 26.2 Å². The molecule has 2 aromatic rings. The molecule has 0 bridgehead atoms. The number of amides is 2. The highest BCUT2D eigenvalue weighted by atomic mass is 79.9. The number of carbonyl (C=O) groups excluding carboxylic acids is 2. The molecule has 0 unspecified atom stereocenters. The predicted octanol–water partition coefficient (Wildman–Crippen LogP) is 4.63. The third kappa shape index (κ3) is 4.24. The summed E-state index contributed by atoms with van der Waals surface area (Å²) in [5, 5.41) is 3.27. The first-order chi connectivity index (χ1) is 16.0. The van der Waals surface area contributed by atoms with E-state index in [0.29, 0.717) is 51.1 Å². The van der Waals surface area contributed by atoms with Crippen LogP contribution in [0, 0.1) is 0 Å². The second-order valence-electron chi connectivity index (χ2n) is 8.73. The summed E-state index contributed by atoms with van der Waals surface area (Å²) in [5.74, 6) is 0.663. The second kappa shape index (κ2) is 8.82. The Morgan fingerprint density at radius 2 is 2.09 bits per heavy atom. The SMILES string of the molecule is CCOC(=O)N1CCC2(CC1)C[C@H](NC(=O)c1cccc3c1C=NC3)c1cc(Br)ccc1O2. The Balaban J connectivity index is 1.40. The zero-order valence-electron chi connectivity index (χ0n) is 18.5. The van der Waals surface area contributed by atoms with Crippen LogP contribution in [0.25, 0.3) is 0 Å². The van der Waals surface area contributed by atoms with E-state index >= 15 is 0 Å². The molecule has 172 valence electrons. The summed E-state index contributed by atoms with van der Waals surface area (Å²) < 4.78 is 12.6. The zero-order chi connectivity index (χ0) is 23.0. The van der Waals surface area contributed by atoms with Crippen molar-refractivity contribution in [2.24, 2.45) is 4.99 Å². The van der Waals surface area contributed by atoms with Crippen LogP contribution >= 0.6 is 15.9 Å². The molecular formula is C25H26BrN3O4. The molecule has 2 amide bonds. The molecule has 1 fully saturated rings. The summed E-state index contributed by atoms with van der Waals surface area (Å²) in [4.78, 5) is 31.6. The Kier molecular flexibility index (Phi) is 5.86. The van der Waals surface area contributed by atoms with Gasteiger partial charge in [0.05, 0.1) is 19.2 Å². The van der Waals surface area contributed by atoms with Gasteiger partial charge in [0.15, 0.2) is 0 Å². The smallest absolute Gasteiger partial charge is 0.409 e. The average Bonchev–Trinajstić information content (AvgIpc) is 3.29. The number of aliphatic imine (C=N–C) groups is 1. The molecular weight excluding hydrogens is 486 g/mol. The van der Waals surface area contributed by atoms with Crippen LogP contribution in [0.1, 0.15) is 59.3 Å². The quantitative estimate of drug-likeness (QED) is 0.651. The summed E-state index contributed by atoms with van der Waals surface area (Å²) in [6.07, 6.45) is 3.51. The number of hydrogen-bond donors (Lipinski definition) is 1. The minimum Gasteiger partial charge on any atom is -0.487 e. The lowest BCUT2D eigenvalue weighted by molar-refractivity contribution is -0.0233. The second-order valence-corrected chi connectivity index (χ2v) is 9.65. The Bertz CT molecular complexity index is 1120. The number of rotatable bonds is 3. The van der Waals surface area contributed by atoms with E-state index in [1.54, 1.807) is 11.1 Å². The maximum absolute atomic E-state index is 13.4. The molecule has 0 saturated carbocycles. The van der Waals surface area contributed by atoms with Gasteiger partial charge in [-0.1, -0.05) is 28.1 Å². The standard InChI is InChI=1S/C25H26BrN3O4/c1-2-32-24(31)29-10-8-25(9-11-29)13-21(19-12-17(26)6-7-22(19)33-25)28-23(30)18-5-3-4-16-14-27-15-20(16)18/h3-7,12,15,21H,2,8-11,13-14H2,1H3,(H,28,30)/t21-/m0/s1. The van der Waals surface area contributed by atoms with Gasteiger partial charge in [-0.25, -0.2) is 4.79 Å². The largest absolute Gasteiger partial charge is 0.487 e. The first kappa shape index (κ1) is 21.9. The molecule has 1 N–H and O–H groups in total. The van der Waals surface area contributed by atoms with Gasteiger partial charge in [0.25, 0.3) is 5.91 Å². The van der Waals surface area contributed by atoms with Gasteiger partial charge in [-0.05, 0) is 36.8 Å². The molecule has 3 aliphatic rings. The third-order valence-electron chi connectivity index (χ3n) is 6.68. The molecule has 3 aliphatic heterocycles. The van der Waals surface area contributed by atoms with Crippen LogP contribution in [0.15, 0.2) is 45.9 Å². The number of nitrogens with zero attached hydrogens (tertiary/aromatic N) is 2. The third-order valence-corrected chi connectivity index (χ3v) is 7.17. The number of hydrogen-bond acceptors (Lipinski definition) is 5. The summed E-state index contributed by atoms with van der Waals surface area (Å²) in [5.41, 5.74) is 3.12. The number of halogens is 1. The van der Waals surface area contributed by atoms with Crippen molar-refractivity contribution in [2.75, 3.05) is 19.7 Å². The van der Waals surface area contributed by atoms with Gasteiger partial charge >= 0.3 is 6.09 Å². The molecule has 1 spiro atoms. The fourth-order valence-electron chi connectivity index (χ4n) is 4.96. The fraction of sp³-hybridized carbons (Fsp3) is 0.400. The van der Waals surface area contributed by atoms with Gasteiger partial charge in [-0.2, -0.15) is 0 Å². The van der Waals surface area contributed by atoms with Gasteiger partial charge in [0.1, 0.15) is 11.4 Å². The van der Waals surface area contributed by atoms with Crippen molar-refractivity contribution in [2.45, 2.75) is 44.4 Å². The number of fused-ring (bicyclic) bond motifs is 2. The number of likely N-dealkylation sites (tertiary alicyclic amines) is 1. The van der Waals surface area contributed by atoms with Crippen LogP contribution in [0.4, 0.5) is 4.79 Å². The highest BCUT2D eigenvalue weighted by Gasteiger charge is 2.44. The Morgan fingerprint density at radius 1 is 1.27 bits per heavy atom. The lowest BCUT2D eigenvalue weighted by Crippen LogP contribution is -2.53. The molecule has 5 rings (SSSR count). The predicted molar refractivity (Wildman–Crippen MR) is 128 cm³/mol. The number of benzene rings is 2. The van der Waals surface area contributed by atoms with Crippen molar-refractivity contribution in [1.29, 1.82) is 0 Å². The number of carbonyl (C=O) groups is 2. The molecule has 2 aromatic carbocycles. The Labute approximate surface area is 201 Å². The Hall–Kier alpha value is -2.87. The first-order valence-corrected chi connectivity index (χ1v) is 12.1. The lowest BCUT2D eigenvalue weighted by Gasteiger charge is -2.46. The fourth-order valence-corrected chi connectivity index (χ4v) is 5.34. The Morgan fingerprint density at radius 3 is 2.88 bits per heavy atom. The summed E-state index contributed by atoms with van der Waals surface area (Å²) >= 11 is 3.55. The van der Waals surface area contributed by atoms with E-state index in [1.165, 1.54) is 0 Å². The number of piperidine rings is 1. The van der Waals surface area contributed by atoms with E-state index in [-0.39, 0.29) is 18.0 Å². The van der Waals surface area contributed by atoms with Crippen molar-refractivity contribution in [1.82, 2.24) is 10.2 Å². The number of nitrogens with one attached hydrogen (secondary N) is 1. The van der Waals surface area contributed by atoms with Crippen LogP contribution in [-0.2, 0) is 11.3 Å². The van der Waals surface area contributed by atoms with Gasteiger partial charge < -0.3 is 19.7 Å². The topological polar surface area (TPSA) is 80.2 Å². The van der Waals surface area contributed by atoms with Crippen molar-refractivity contribution in [3.8, 4) is 5.75 Å². The van der Waals surface area contributed by atoms with Crippen LogP contribution in [0.2, 0.25) is 0 Å². The van der Waals surface area contributed by atoms with Crippen molar-refractivity contribution in [3.05, 3.63) is 63.1 Å².